The second-order valence-corrected chi connectivity index (χ2v) is 5.50. The molecule has 2 N–H and O–H groups in total. The number of hydrogen-bond donors (Lipinski definition) is 2. The van der Waals surface area contributed by atoms with Crippen LogP contribution in [-0.2, 0) is 6.54 Å². The van der Waals surface area contributed by atoms with Gasteiger partial charge >= 0.3 is 0 Å². The van der Waals surface area contributed by atoms with Crippen molar-refractivity contribution in [1.82, 2.24) is 5.32 Å². The number of nitrogens with one attached hydrogen (secondary N) is 1. The number of aliphatic hydroxyl groups is 1. The van der Waals surface area contributed by atoms with Crippen molar-refractivity contribution < 1.29 is 5.11 Å². The predicted molar refractivity (Wildman–Crippen MR) is 66.2 cm³/mol. The van der Waals surface area contributed by atoms with Crippen LogP contribution in [0.15, 0.2) is 24.3 Å². The van der Waals surface area contributed by atoms with Gasteiger partial charge in [0.2, 0.25) is 0 Å². The fourth-order valence-corrected chi connectivity index (χ4v) is 2.31. The van der Waals surface area contributed by atoms with E-state index in [-0.39, 0.29) is 11.5 Å². The highest BCUT2D eigenvalue weighted by Crippen LogP contribution is 2.40. The molecule has 0 heterocycles. The lowest BCUT2D eigenvalue weighted by Gasteiger charge is -2.49. The first-order chi connectivity index (χ1) is 7.50. The molecule has 0 amide bonds. The lowest BCUT2D eigenvalue weighted by molar-refractivity contribution is -0.0729. The van der Waals surface area contributed by atoms with Gasteiger partial charge in [-0.3, -0.25) is 0 Å². The van der Waals surface area contributed by atoms with Crippen LogP contribution in [0.25, 0.3) is 0 Å². The van der Waals surface area contributed by atoms with Crippen molar-refractivity contribution in [1.29, 1.82) is 0 Å². The second kappa shape index (κ2) is 4.19. The van der Waals surface area contributed by atoms with Gasteiger partial charge in [0.05, 0.1) is 6.10 Å². The molecule has 1 aliphatic carbocycles. The zero-order chi connectivity index (χ0) is 11.8. The van der Waals surface area contributed by atoms with E-state index in [0.717, 1.165) is 13.0 Å². The number of hydrogen-bond acceptors (Lipinski definition) is 2. The number of aliphatic hydroxyl groups excluding tert-OH is 1. The molecule has 2 unspecified atom stereocenters. The number of rotatable bonds is 3. The molecule has 0 aliphatic heterocycles. The Hall–Kier alpha value is -0.860. The fourth-order valence-electron chi connectivity index (χ4n) is 2.31. The normalized spacial score (nSPS) is 27.5. The maximum absolute atomic E-state index is 9.65. The molecular weight excluding hydrogens is 198 g/mol. The first-order valence-electron chi connectivity index (χ1n) is 5.97. The average Bonchev–Trinajstić information content (AvgIpc) is 2.24. The summed E-state index contributed by atoms with van der Waals surface area (Å²) in [5.41, 5.74) is 2.63. The zero-order valence-electron chi connectivity index (χ0n) is 10.3. The Morgan fingerprint density at radius 1 is 1.44 bits per heavy atom. The van der Waals surface area contributed by atoms with Crippen molar-refractivity contribution >= 4 is 0 Å². The van der Waals surface area contributed by atoms with Gasteiger partial charge < -0.3 is 10.4 Å². The minimum atomic E-state index is -0.150. The zero-order valence-corrected chi connectivity index (χ0v) is 10.3. The van der Waals surface area contributed by atoms with Crippen molar-refractivity contribution in [2.75, 3.05) is 0 Å². The molecule has 2 heteroatoms. The third-order valence-corrected chi connectivity index (χ3v) is 3.85. The monoisotopic (exact) mass is 219 g/mol. The Kier molecular flexibility index (Phi) is 3.04. The molecule has 88 valence electrons. The van der Waals surface area contributed by atoms with Crippen molar-refractivity contribution in [2.45, 2.75) is 45.9 Å². The van der Waals surface area contributed by atoms with Gasteiger partial charge in [0.15, 0.2) is 0 Å². The highest BCUT2D eigenvalue weighted by Gasteiger charge is 2.46. The fraction of sp³-hybridized carbons (Fsp3) is 0.571. The molecule has 2 atom stereocenters. The van der Waals surface area contributed by atoms with E-state index in [1.54, 1.807) is 0 Å². The third kappa shape index (κ3) is 2.13. The minimum Gasteiger partial charge on any atom is -0.392 e. The second-order valence-electron chi connectivity index (χ2n) is 5.50. The van der Waals surface area contributed by atoms with Gasteiger partial charge in [-0.1, -0.05) is 43.7 Å². The van der Waals surface area contributed by atoms with E-state index in [4.69, 9.17) is 0 Å². The Balaban J connectivity index is 1.89. The topological polar surface area (TPSA) is 32.3 Å². The van der Waals surface area contributed by atoms with Gasteiger partial charge in [-0.2, -0.15) is 0 Å². The van der Waals surface area contributed by atoms with Gasteiger partial charge in [-0.15, -0.1) is 0 Å². The summed E-state index contributed by atoms with van der Waals surface area (Å²) in [5, 5.41) is 13.2. The molecule has 1 aromatic rings. The largest absolute Gasteiger partial charge is 0.392 e. The summed E-state index contributed by atoms with van der Waals surface area (Å²) in [7, 11) is 0. The molecule has 2 rings (SSSR count). The van der Waals surface area contributed by atoms with E-state index in [9.17, 15) is 5.11 Å². The van der Waals surface area contributed by atoms with Crippen LogP contribution in [0.5, 0.6) is 0 Å². The number of aryl methyl sites for hydroxylation is 1. The first-order valence-corrected chi connectivity index (χ1v) is 5.97. The molecular formula is C14H21NO. The van der Waals surface area contributed by atoms with Gasteiger partial charge in [0, 0.05) is 18.0 Å². The maximum Gasteiger partial charge on any atom is 0.0621 e. The lowest BCUT2D eigenvalue weighted by atomic mass is 9.64. The van der Waals surface area contributed by atoms with Crippen molar-refractivity contribution in [2.24, 2.45) is 5.41 Å². The van der Waals surface area contributed by atoms with E-state index < -0.39 is 0 Å². The van der Waals surface area contributed by atoms with Crippen molar-refractivity contribution in [3.8, 4) is 0 Å². The quantitative estimate of drug-likeness (QED) is 0.817. The molecule has 1 aromatic carbocycles. The minimum absolute atomic E-state index is 0.0177. The molecule has 1 fully saturated rings. The van der Waals surface area contributed by atoms with Crippen LogP contribution < -0.4 is 5.32 Å². The third-order valence-electron chi connectivity index (χ3n) is 3.85. The van der Waals surface area contributed by atoms with Crippen LogP contribution in [-0.4, -0.2) is 17.3 Å². The summed E-state index contributed by atoms with van der Waals surface area (Å²) in [6.45, 7) is 7.24. The Labute approximate surface area is 97.7 Å². The molecule has 0 radical (unpaired) electrons. The molecule has 0 saturated heterocycles. The summed E-state index contributed by atoms with van der Waals surface area (Å²) in [5.74, 6) is 0. The van der Waals surface area contributed by atoms with Crippen molar-refractivity contribution in [3.63, 3.8) is 0 Å². The standard InChI is InChI=1S/C14H21NO/c1-10-5-4-6-11(7-10)9-15-12-8-13(16)14(12,2)3/h4-7,12-13,15-16H,8-9H2,1-3H3. The van der Waals surface area contributed by atoms with Crippen LogP contribution in [0.2, 0.25) is 0 Å². The number of benzene rings is 1. The van der Waals surface area contributed by atoms with Gasteiger partial charge in [0.1, 0.15) is 0 Å². The molecule has 0 spiro atoms. The SMILES string of the molecule is Cc1cccc(CNC2CC(O)C2(C)C)c1. The Bertz CT molecular complexity index is 373. The summed E-state index contributed by atoms with van der Waals surface area (Å²) in [6.07, 6.45) is 0.723. The van der Waals surface area contributed by atoms with Crippen molar-refractivity contribution in [3.05, 3.63) is 35.4 Å². The van der Waals surface area contributed by atoms with E-state index in [2.05, 4.69) is 50.4 Å². The van der Waals surface area contributed by atoms with Gasteiger partial charge in [-0.05, 0) is 18.9 Å². The van der Waals surface area contributed by atoms with E-state index in [0.29, 0.717) is 6.04 Å². The molecule has 0 bridgehead atoms. The van der Waals surface area contributed by atoms with E-state index in [1.165, 1.54) is 11.1 Å². The van der Waals surface area contributed by atoms with Crippen LogP contribution in [0.1, 0.15) is 31.4 Å². The van der Waals surface area contributed by atoms with Crippen LogP contribution in [0.3, 0.4) is 0 Å². The van der Waals surface area contributed by atoms with Gasteiger partial charge in [-0.25, -0.2) is 0 Å². The predicted octanol–water partition coefficient (Wildman–Crippen LogP) is 2.24. The molecule has 1 aliphatic rings. The maximum atomic E-state index is 9.65. The lowest BCUT2D eigenvalue weighted by Crippen LogP contribution is -2.59. The van der Waals surface area contributed by atoms with Crippen LogP contribution in [0, 0.1) is 12.3 Å². The van der Waals surface area contributed by atoms with Crippen LogP contribution >= 0.6 is 0 Å². The summed E-state index contributed by atoms with van der Waals surface area (Å²) in [4.78, 5) is 0. The summed E-state index contributed by atoms with van der Waals surface area (Å²) >= 11 is 0. The van der Waals surface area contributed by atoms with Crippen LogP contribution in [0.4, 0.5) is 0 Å². The molecule has 16 heavy (non-hydrogen) atoms. The molecule has 1 saturated carbocycles. The van der Waals surface area contributed by atoms with E-state index >= 15 is 0 Å². The average molecular weight is 219 g/mol. The summed E-state index contributed by atoms with van der Waals surface area (Å²) in [6, 6.07) is 8.98. The molecule has 2 nitrogen and oxygen atoms in total. The summed E-state index contributed by atoms with van der Waals surface area (Å²) < 4.78 is 0. The highest BCUT2D eigenvalue weighted by molar-refractivity contribution is 5.22. The first kappa shape index (κ1) is 11.6. The Morgan fingerprint density at radius 2 is 2.19 bits per heavy atom. The Morgan fingerprint density at radius 3 is 2.75 bits per heavy atom. The van der Waals surface area contributed by atoms with E-state index in [1.807, 2.05) is 0 Å². The highest BCUT2D eigenvalue weighted by atomic mass is 16.3. The smallest absolute Gasteiger partial charge is 0.0621 e. The van der Waals surface area contributed by atoms with Gasteiger partial charge in [0.25, 0.3) is 0 Å². The molecule has 0 aromatic heterocycles.